The van der Waals surface area contributed by atoms with Gasteiger partial charge in [0.05, 0.1) is 0 Å². The summed E-state index contributed by atoms with van der Waals surface area (Å²) >= 11 is 5.33. The molecular formula is C7H12ClN3O. The maximum absolute atomic E-state index is 11.0. The summed E-state index contributed by atoms with van der Waals surface area (Å²) < 4.78 is 0. The van der Waals surface area contributed by atoms with Crippen LogP contribution in [-0.4, -0.2) is 30.4 Å². The number of nitrogens with one attached hydrogen (secondary N) is 2. The Bertz CT molecular complexity index is 213. The van der Waals surface area contributed by atoms with Crippen molar-refractivity contribution in [1.82, 2.24) is 5.32 Å². The quantitative estimate of drug-likeness (QED) is 0.632. The second-order valence-corrected chi connectivity index (χ2v) is 2.54. The van der Waals surface area contributed by atoms with E-state index < -0.39 is 0 Å². The number of carbonyl (C=O) groups excluding carboxylic acids is 1. The molecule has 0 aliphatic carbocycles. The van der Waals surface area contributed by atoms with Crippen molar-refractivity contribution >= 4 is 28.4 Å². The standard InChI is InChI=1S/C7H12ClN3O/c1-3-11-5(4-6(8)9)7(12)10-2/h9H,3-4H2,1-2H3,(H,10,12). The Labute approximate surface area is 76.5 Å². The van der Waals surface area contributed by atoms with Gasteiger partial charge in [-0.15, -0.1) is 0 Å². The zero-order valence-corrected chi connectivity index (χ0v) is 7.90. The second-order valence-electron chi connectivity index (χ2n) is 2.08. The minimum Gasteiger partial charge on any atom is -0.354 e. The van der Waals surface area contributed by atoms with E-state index >= 15 is 0 Å². The molecule has 0 radical (unpaired) electrons. The number of hydrogen-bond donors (Lipinski definition) is 2. The van der Waals surface area contributed by atoms with Gasteiger partial charge >= 0.3 is 0 Å². The first-order chi connectivity index (χ1) is 5.61. The summed E-state index contributed by atoms with van der Waals surface area (Å²) in [5.74, 6) is -0.276. The molecule has 2 N–H and O–H groups in total. The Kier molecular flexibility index (Phi) is 5.28. The average molecular weight is 190 g/mol. The fourth-order valence-corrected chi connectivity index (χ4v) is 0.817. The Morgan fingerprint density at radius 3 is 2.58 bits per heavy atom. The van der Waals surface area contributed by atoms with Crippen LogP contribution < -0.4 is 5.32 Å². The van der Waals surface area contributed by atoms with Gasteiger partial charge in [0, 0.05) is 20.0 Å². The molecule has 0 aliphatic heterocycles. The highest BCUT2D eigenvalue weighted by Crippen LogP contribution is 1.94. The van der Waals surface area contributed by atoms with Crippen LogP contribution in [0.5, 0.6) is 0 Å². The summed E-state index contributed by atoms with van der Waals surface area (Å²) in [7, 11) is 1.52. The maximum atomic E-state index is 11.0. The molecule has 4 nitrogen and oxygen atoms in total. The van der Waals surface area contributed by atoms with Crippen LogP contribution in [0.2, 0.25) is 0 Å². The van der Waals surface area contributed by atoms with Gasteiger partial charge in [-0.25, -0.2) is 0 Å². The van der Waals surface area contributed by atoms with E-state index in [1.807, 2.05) is 6.92 Å². The van der Waals surface area contributed by atoms with Gasteiger partial charge < -0.3 is 5.32 Å². The van der Waals surface area contributed by atoms with E-state index in [4.69, 9.17) is 17.0 Å². The van der Waals surface area contributed by atoms with Gasteiger partial charge in [-0.3, -0.25) is 15.2 Å². The van der Waals surface area contributed by atoms with E-state index in [-0.39, 0.29) is 17.5 Å². The molecule has 0 rings (SSSR count). The van der Waals surface area contributed by atoms with Gasteiger partial charge in [-0.05, 0) is 6.92 Å². The molecular weight excluding hydrogens is 178 g/mol. The van der Waals surface area contributed by atoms with Crippen LogP contribution >= 0.6 is 11.6 Å². The third-order valence-electron chi connectivity index (χ3n) is 1.16. The summed E-state index contributed by atoms with van der Waals surface area (Å²) in [6.07, 6.45) is 0.106. The zero-order valence-electron chi connectivity index (χ0n) is 7.15. The molecule has 0 aliphatic rings. The molecule has 0 atom stereocenters. The molecule has 0 saturated carbocycles. The highest BCUT2D eigenvalue weighted by Gasteiger charge is 2.09. The third-order valence-corrected chi connectivity index (χ3v) is 1.29. The topological polar surface area (TPSA) is 65.3 Å². The SMILES string of the molecule is CCN=C(CC(=N)Cl)C(=O)NC. The largest absolute Gasteiger partial charge is 0.354 e. The lowest BCUT2D eigenvalue weighted by Crippen LogP contribution is -2.28. The fraction of sp³-hybridized carbons (Fsp3) is 0.571. The van der Waals surface area contributed by atoms with Crippen molar-refractivity contribution < 1.29 is 4.79 Å². The number of amides is 1. The van der Waals surface area contributed by atoms with Crippen LogP contribution in [0.15, 0.2) is 4.99 Å². The van der Waals surface area contributed by atoms with Crippen molar-refractivity contribution in [3.8, 4) is 0 Å². The van der Waals surface area contributed by atoms with Crippen molar-refractivity contribution in [3.05, 3.63) is 0 Å². The van der Waals surface area contributed by atoms with Crippen molar-refractivity contribution in [2.24, 2.45) is 4.99 Å². The molecule has 68 valence electrons. The first-order valence-corrected chi connectivity index (χ1v) is 3.98. The van der Waals surface area contributed by atoms with E-state index in [0.717, 1.165) is 0 Å². The third kappa shape index (κ3) is 4.08. The van der Waals surface area contributed by atoms with E-state index in [9.17, 15) is 4.79 Å². The number of halogens is 1. The lowest BCUT2D eigenvalue weighted by atomic mass is 10.2. The Morgan fingerprint density at radius 1 is 1.67 bits per heavy atom. The van der Waals surface area contributed by atoms with Crippen LogP contribution in [0.1, 0.15) is 13.3 Å². The van der Waals surface area contributed by atoms with Crippen LogP contribution in [0, 0.1) is 5.41 Å². The second kappa shape index (κ2) is 5.71. The zero-order chi connectivity index (χ0) is 9.56. The molecule has 0 unspecified atom stereocenters. The monoisotopic (exact) mass is 189 g/mol. The molecule has 0 aromatic rings. The predicted octanol–water partition coefficient (Wildman–Crippen LogP) is 0.799. The summed E-state index contributed by atoms with van der Waals surface area (Å²) in [6, 6.07) is 0. The van der Waals surface area contributed by atoms with E-state index in [2.05, 4.69) is 10.3 Å². The summed E-state index contributed by atoms with van der Waals surface area (Å²) in [6.45, 7) is 2.34. The predicted molar refractivity (Wildman–Crippen MR) is 50.2 cm³/mol. The molecule has 0 heterocycles. The summed E-state index contributed by atoms with van der Waals surface area (Å²) in [5.41, 5.74) is 0.306. The Hall–Kier alpha value is -0.900. The van der Waals surface area contributed by atoms with E-state index in [0.29, 0.717) is 12.3 Å². The molecule has 0 fully saturated rings. The van der Waals surface area contributed by atoms with Gasteiger partial charge in [0.1, 0.15) is 10.9 Å². The Balaban J connectivity index is 4.34. The van der Waals surface area contributed by atoms with Crippen LogP contribution in [-0.2, 0) is 4.79 Å². The smallest absolute Gasteiger partial charge is 0.265 e. The number of carbonyl (C=O) groups is 1. The van der Waals surface area contributed by atoms with Gasteiger partial charge in [0.25, 0.3) is 5.91 Å². The molecule has 0 aromatic carbocycles. The minimum absolute atomic E-state index is 0.0780. The lowest BCUT2D eigenvalue weighted by molar-refractivity contribution is -0.114. The van der Waals surface area contributed by atoms with Crippen molar-refractivity contribution in [3.63, 3.8) is 0 Å². The van der Waals surface area contributed by atoms with Gasteiger partial charge in [-0.1, -0.05) is 11.6 Å². The first-order valence-electron chi connectivity index (χ1n) is 3.60. The number of nitrogens with zero attached hydrogens (tertiary/aromatic N) is 1. The Morgan fingerprint density at radius 2 is 2.25 bits per heavy atom. The van der Waals surface area contributed by atoms with Crippen LogP contribution in [0.25, 0.3) is 0 Å². The lowest BCUT2D eigenvalue weighted by Gasteiger charge is -2.01. The van der Waals surface area contributed by atoms with E-state index in [1.165, 1.54) is 7.05 Å². The van der Waals surface area contributed by atoms with Gasteiger partial charge in [-0.2, -0.15) is 0 Å². The molecule has 1 amide bonds. The summed E-state index contributed by atoms with van der Waals surface area (Å²) in [4.78, 5) is 15.0. The van der Waals surface area contributed by atoms with Crippen LogP contribution in [0.3, 0.4) is 0 Å². The number of hydrogen-bond acceptors (Lipinski definition) is 3. The summed E-state index contributed by atoms with van der Waals surface area (Å²) in [5, 5.41) is 9.33. The molecule has 0 saturated heterocycles. The first kappa shape index (κ1) is 11.1. The normalized spacial score (nSPS) is 11.1. The minimum atomic E-state index is -0.276. The van der Waals surface area contributed by atoms with Crippen molar-refractivity contribution in [1.29, 1.82) is 5.41 Å². The number of aliphatic imine (C=N–C) groups is 1. The van der Waals surface area contributed by atoms with Crippen molar-refractivity contribution in [2.45, 2.75) is 13.3 Å². The highest BCUT2D eigenvalue weighted by molar-refractivity contribution is 6.67. The van der Waals surface area contributed by atoms with Gasteiger partial charge in [0.15, 0.2) is 0 Å². The van der Waals surface area contributed by atoms with Gasteiger partial charge in [0.2, 0.25) is 0 Å². The molecule has 5 heteroatoms. The molecule has 0 spiro atoms. The molecule has 12 heavy (non-hydrogen) atoms. The average Bonchev–Trinajstić information content (AvgIpc) is 2.01. The maximum Gasteiger partial charge on any atom is 0.265 e. The van der Waals surface area contributed by atoms with Crippen molar-refractivity contribution in [2.75, 3.05) is 13.6 Å². The molecule has 0 bridgehead atoms. The highest BCUT2D eigenvalue weighted by atomic mass is 35.5. The van der Waals surface area contributed by atoms with Crippen LogP contribution in [0.4, 0.5) is 0 Å². The number of rotatable bonds is 4. The fourth-order valence-electron chi connectivity index (χ4n) is 0.690. The molecule has 0 aromatic heterocycles. The van der Waals surface area contributed by atoms with E-state index in [1.54, 1.807) is 0 Å².